The third-order valence-electron chi connectivity index (χ3n) is 7.47. The first-order valence-electron chi connectivity index (χ1n) is 15.1. The predicted molar refractivity (Wildman–Crippen MR) is 183 cm³/mol. The fraction of sp³-hybridized carbons (Fsp3) is 0.545. The Balaban J connectivity index is 2.42. The molecule has 0 heterocycles. The molecule has 0 spiro atoms. The number of benzene rings is 2. The van der Waals surface area contributed by atoms with Gasteiger partial charge in [-0.2, -0.15) is 8.78 Å². The molecule has 0 radical (unpaired) electrons. The second-order valence-electron chi connectivity index (χ2n) is 13.6. The summed E-state index contributed by atoms with van der Waals surface area (Å²) >= 11 is 6.89. The second kappa shape index (κ2) is 17.1. The molecule has 14 heteroatoms. The minimum atomic E-state index is -1.84. The zero-order chi connectivity index (χ0) is 35.6. The molecular formula is C33H48Br2F2N4O6+2. The van der Waals surface area contributed by atoms with E-state index in [-0.39, 0.29) is 19.4 Å². The van der Waals surface area contributed by atoms with E-state index < -0.39 is 73.8 Å². The van der Waals surface area contributed by atoms with Gasteiger partial charge in [-0.1, -0.05) is 60.7 Å². The van der Waals surface area contributed by atoms with Crippen molar-refractivity contribution in [3.63, 3.8) is 0 Å². The fourth-order valence-electron chi connectivity index (χ4n) is 4.92. The van der Waals surface area contributed by atoms with Gasteiger partial charge < -0.3 is 25.3 Å². The molecular weight excluding hydrogens is 746 g/mol. The van der Waals surface area contributed by atoms with Gasteiger partial charge in [-0.05, 0) is 70.2 Å². The number of hydrogen-bond donors (Lipinski definition) is 2. The van der Waals surface area contributed by atoms with Gasteiger partial charge in [-0.25, -0.2) is 9.59 Å². The number of carbonyl (C=O) groups excluding carboxylic acids is 3. The van der Waals surface area contributed by atoms with Crippen LogP contribution >= 0.6 is 31.9 Å². The van der Waals surface area contributed by atoms with Crippen LogP contribution in [0.2, 0.25) is 0 Å². The highest BCUT2D eigenvalue weighted by atomic mass is 79.9. The van der Waals surface area contributed by atoms with Gasteiger partial charge in [-0.3, -0.25) is 13.8 Å². The van der Waals surface area contributed by atoms with Crippen LogP contribution in [-0.4, -0.2) is 109 Å². The zero-order valence-corrected chi connectivity index (χ0v) is 31.2. The molecule has 0 bridgehead atoms. The van der Waals surface area contributed by atoms with E-state index in [0.29, 0.717) is 0 Å². The molecule has 0 aliphatic rings. The van der Waals surface area contributed by atoms with Crippen molar-refractivity contribution < 1.29 is 46.3 Å². The quantitative estimate of drug-likeness (QED) is 0.0812. The number of nitrogens with one attached hydrogen (secondary N) is 1. The number of likely N-dealkylation sites (N-methyl/N-ethyl adjacent to an activating group) is 2. The van der Waals surface area contributed by atoms with Gasteiger partial charge >= 0.3 is 18.0 Å². The van der Waals surface area contributed by atoms with E-state index in [0.717, 1.165) is 11.1 Å². The van der Waals surface area contributed by atoms with Crippen molar-refractivity contribution in [1.29, 1.82) is 0 Å². The number of quaternary nitrogens is 2. The first-order valence-corrected chi connectivity index (χ1v) is 16.7. The van der Waals surface area contributed by atoms with Crippen LogP contribution in [-0.2, 0) is 36.6 Å². The molecule has 2 aromatic rings. The molecule has 3 N–H and O–H groups in total. The van der Waals surface area contributed by atoms with Gasteiger partial charge in [0, 0.05) is 6.42 Å². The molecule has 47 heavy (non-hydrogen) atoms. The van der Waals surface area contributed by atoms with E-state index in [9.17, 15) is 23.2 Å². The summed E-state index contributed by atoms with van der Waals surface area (Å²) in [7, 11) is 6.16. The fourth-order valence-corrected chi connectivity index (χ4v) is 6.96. The lowest BCUT2D eigenvalue weighted by Crippen LogP contribution is -2.71. The minimum absolute atomic E-state index is 0.0490. The van der Waals surface area contributed by atoms with Crippen molar-refractivity contribution in [3.8, 4) is 0 Å². The van der Waals surface area contributed by atoms with Crippen LogP contribution in [0.3, 0.4) is 0 Å². The number of amides is 1. The monoisotopic (exact) mass is 792 g/mol. The van der Waals surface area contributed by atoms with Crippen molar-refractivity contribution >= 4 is 49.9 Å². The summed E-state index contributed by atoms with van der Waals surface area (Å²) in [5.74, 6) is -1.61. The lowest BCUT2D eigenvalue weighted by Gasteiger charge is -2.48. The summed E-state index contributed by atoms with van der Waals surface area (Å²) in [5, 5.41) is 2.58. The highest BCUT2D eigenvalue weighted by Crippen LogP contribution is 2.41. The molecule has 262 valence electrons. The molecule has 0 fully saturated rings. The number of nitrogens with two attached hydrogens (primary N) is 1. The van der Waals surface area contributed by atoms with Gasteiger partial charge in [0.25, 0.3) is 3.42 Å². The maximum absolute atomic E-state index is 14.8. The van der Waals surface area contributed by atoms with E-state index in [4.69, 9.17) is 19.9 Å². The van der Waals surface area contributed by atoms with Crippen LogP contribution in [0.5, 0.6) is 0 Å². The lowest BCUT2D eigenvalue weighted by molar-refractivity contribution is -0.994. The molecule has 2 rings (SSSR count). The van der Waals surface area contributed by atoms with Crippen LogP contribution < -0.4 is 11.1 Å². The van der Waals surface area contributed by atoms with E-state index in [2.05, 4.69) is 37.2 Å². The Morgan fingerprint density at radius 3 is 1.77 bits per heavy atom. The second-order valence-corrected chi connectivity index (χ2v) is 17.0. The molecule has 0 aromatic heterocycles. The Kier molecular flexibility index (Phi) is 14.8. The summed E-state index contributed by atoms with van der Waals surface area (Å²) in [6, 6.07) is 13.8. The maximum Gasteiger partial charge on any atom is 0.408 e. The van der Waals surface area contributed by atoms with Crippen LogP contribution in [0, 0.1) is 0 Å². The Labute approximate surface area is 293 Å². The Morgan fingerprint density at radius 1 is 0.809 bits per heavy atom. The molecule has 2 aromatic carbocycles. The Morgan fingerprint density at radius 2 is 1.30 bits per heavy atom. The van der Waals surface area contributed by atoms with Crippen LogP contribution in [0.1, 0.15) is 31.9 Å². The van der Waals surface area contributed by atoms with E-state index in [1.807, 2.05) is 36.4 Å². The first-order chi connectivity index (χ1) is 21.7. The standard InChI is InChI=1S/C33H47Br2F2N4O6/c1-32(2,3)47-31(44)39-26(19-24-16-12-9-13-17-24)30(43)46-33(34,35)28(41(6,7)22-37)27(40(4,5)21-36)20-45-29(42)25(38)18-23-14-10-8-11-15-23/h8-17,25-28H,18-22,38H2,1-7H3/q+1/p+1/t25-,26-,27?,28?/m0/s1. The number of alkyl carbamates (subject to hydrolysis) is 1. The summed E-state index contributed by atoms with van der Waals surface area (Å²) in [5.41, 5.74) is 6.86. The topological polar surface area (TPSA) is 117 Å². The smallest absolute Gasteiger partial charge is 0.408 e. The normalized spacial score (nSPS) is 15.1. The third kappa shape index (κ3) is 12.7. The average molecular weight is 795 g/mol. The SMILES string of the molecule is CC(C)(C)OC(=O)N[C@@H](Cc1ccccc1)C(=O)OC(Br)(Br)C(C(COC(=O)[C@@H](N)Cc1ccccc1)[N+](C)(C)CF)[N+](C)(C)CF. The Bertz CT molecular complexity index is 1310. The van der Waals surface area contributed by atoms with Gasteiger partial charge in [0.1, 0.15) is 24.3 Å². The minimum Gasteiger partial charge on any atom is -0.458 e. The van der Waals surface area contributed by atoms with Crippen LogP contribution in [0.25, 0.3) is 0 Å². The van der Waals surface area contributed by atoms with Crippen LogP contribution in [0.15, 0.2) is 60.7 Å². The summed E-state index contributed by atoms with van der Waals surface area (Å²) in [4.78, 5) is 39.6. The van der Waals surface area contributed by atoms with Crippen molar-refractivity contribution in [2.24, 2.45) is 5.73 Å². The van der Waals surface area contributed by atoms with E-state index in [1.54, 1.807) is 59.1 Å². The number of rotatable bonds is 16. The highest BCUT2D eigenvalue weighted by Gasteiger charge is 2.59. The largest absolute Gasteiger partial charge is 0.458 e. The van der Waals surface area contributed by atoms with Gasteiger partial charge in [-0.15, -0.1) is 0 Å². The van der Waals surface area contributed by atoms with Gasteiger partial charge in [0.05, 0.1) is 28.2 Å². The Hall–Kier alpha value is -2.65. The molecule has 1 amide bonds. The number of halogens is 4. The molecule has 0 aliphatic carbocycles. The number of ether oxygens (including phenoxy) is 3. The van der Waals surface area contributed by atoms with Crippen molar-refractivity contribution in [2.75, 3.05) is 48.4 Å². The maximum atomic E-state index is 14.8. The summed E-state index contributed by atoms with van der Waals surface area (Å²) in [6.07, 6.45) is -0.575. The third-order valence-corrected chi connectivity index (χ3v) is 8.73. The lowest BCUT2D eigenvalue weighted by atomic mass is 10.0. The molecule has 0 aliphatic heterocycles. The number of nitrogens with zero attached hydrogens (tertiary/aromatic N) is 2. The number of esters is 2. The summed E-state index contributed by atoms with van der Waals surface area (Å²) in [6.45, 7) is 2.79. The number of alkyl halides is 4. The first kappa shape index (κ1) is 40.5. The van der Waals surface area contributed by atoms with Crippen molar-refractivity contribution in [1.82, 2.24) is 5.32 Å². The highest BCUT2D eigenvalue weighted by molar-refractivity contribution is 9.25. The average Bonchev–Trinajstić information content (AvgIpc) is 2.98. The molecule has 4 atom stereocenters. The van der Waals surface area contributed by atoms with E-state index >= 15 is 0 Å². The van der Waals surface area contributed by atoms with E-state index in [1.165, 1.54) is 14.1 Å². The van der Waals surface area contributed by atoms with Crippen LogP contribution in [0.4, 0.5) is 13.6 Å². The van der Waals surface area contributed by atoms with Gasteiger partial charge in [0.15, 0.2) is 6.04 Å². The molecule has 0 saturated carbocycles. The molecule has 2 unspecified atom stereocenters. The number of hydrogen-bond acceptors (Lipinski definition) is 7. The molecule has 10 nitrogen and oxygen atoms in total. The summed E-state index contributed by atoms with van der Waals surface area (Å²) < 4.78 is 43.7. The van der Waals surface area contributed by atoms with Gasteiger partial charge in [0.2, 0.25) is 19.6 Å². The zero-order valence-electron chi connectivity index (χ0n) is 28.1. The predicted octanol–water partition coefficient (Wildman–Crippen LogP) is 4.97. The van der Waals surface area contributed by atoms with Crippen molar-refractivity contribution in [2.45, 2.75) is 66.8 Å². The van der Waals surface area contributed by atoms with Crippen molar-refractivity contribution in [3.05, 3.63) is 71.8 Å². The molecule has 0 saturated heterocycles. The number of carbonyl (C=O) groups is 3.